The standard InChI is InChI=1S/C10H14N2O2/c1-11(2)9-6-4-8(5-7-9)10(13)12(3)14/h4-7,14H,1-3H3. The fourth-order valence-corrected chi connectivity index (χ4v) is 1.09. The highest BCUT2D eigenvalue weighted by atomic mass is 16.5. The maximum Gasteiger partial charge on any atom is 0.276 e. The van der Waals surface area contributed by atoms with Crippen LogP contribution in [0.1, 0.15) is 10.4 Å². The molecule has 0 bridgehead atoms. The molecule has 0 radical (unpaired) electrons. The van der Waals surface area contributed by atoms with Gasteiger partial charge in [0.25, 0.3) is 5.91 Å². The molecule has 76 valence electrons. The van der Waals surface area contributed by atoms with Crippen molar-refractivity contribution in [3.8, 4) is 0 Å². The van der Waals surface area contributed by atoms with Gasteiger partial charge in [-0.3, -0.25) is 10.0 Å². The molecule has 1 amide bonds. The average molecular weight is 194 g/mol. The molecule has 0 aliphatic carbocycles. The summed E-state index contributed by atoms with van der Waals surface area (Å²) in [6.07, 6.45) is 0. The maximum atomic E-state index is 11.3. The Morgan fingerprint density at radius 3 is 2.00 bits per heavy atom. The number of hydrogen-bond donors (Lipinski definition) is 1. The summed E-state index contributed by atoms with van der Waals surface area (Å²) in [6.45, 7) is 0. The van der Waals surface area contributed by atoms with Gasteiger partial charge < -0.3 is 4.90 Å². The van der Waals surface area contributed by atoms with Gasteiger partial charge in [0, 0.05) is 32.4 Å². The third-order valence-corrected chi connectivity index (χ3v) is 1.92. The van der Waals surface area contributed by atoms with Crippen molar-refractivity contribution in [1.82, 2.24) is 5.06 Å². The fourth-order valence-electron chi connectivity index (χ4n) is 1.09. The molecule has 0 saturated heterocycles. The highest BCUT2D eigenvalue weighted by Gasteiger charge is 2.08. The lowest BCUT2D eigenvalue weighted by Gasteiger charge is -2.13. The number of carbonyl (C=O) groups is 1. The first-order valence-electron chi connectivity index (χ1n) is 4.26. The molecule has 1 N–H and O–H groups in total. The van der Waals surface area contributed by atoms with E-state index in [1.807, 2.05) is 31.1 Å². The minimum absolute atomic E-state index is 0.407. The molecule has 0 atom stereocenters. The molecule has 0 aliphatic rings. The highest BCUT2D eigenvalue weighted by Crippen LogP contribution is 2.12. The molecular weight excluding hydrogens is 180 g/mol. The van der Waals surface area contributed by atoms with Crippen molar-refractivity contribution in [3.05, 3.63) is 29.8 Å². The molecule has 0 spiro atoms. The number of hydrogen-bond acceptors (Lipinski definition) is 3. The van der Waals surface area contributed by atoms with E-state index in [2.05, 4.69) is 0 Å². The van der Waals surface area contributed by atoms with E-state index in [-0.39, 0.29) is 0 Å². The predicted molar refractivity (Wildman–Crippen MR) is 54.6 cm³/mol. The van der Waals surface area contributed by atoms with Crippen LogP contribution in [0.5, 0.6) is 0 Å². The van der Waals surface area contributed by atoms with E-state index in [0.29, 0.717) is 10.6 Å². The monoisotopic (exact) mass is 194 g/mol. The zero-order valence-electron chi connectivity index (χ0n) is 8.56. The van der Waals surface area contributed by atoms with Gasteiger partial charge in [0.1, 0.15) is 0 Å². The van der Waals surface area contributed by atoms with Crippen LogP contribution in [-0.2, 0) is 0 Å². The van der Waals surface area contributed by atoms with Crippen molar-refractivity contribution >= 4 is 11.6 Å². The Morgan fingerprint density at radius 2 is 1.64 bits per heavy atom. The van der Waals surface area contributed by atoms with Crippen LogP contribution in [-0.4, -0.2) is 37.3 Å². The highest BCUT2D eigenvalue weighted by molar-refractivity contribution is 5.93. The topological polar surface area (TPSA) is 43.8 Å². The van der Waals surface area contributed by atoms with E-state index in [0.717, 1.165) is 5.69 Å². The van der Waals surface area contributed by atoms with Gasteiger partial charge >= 0.3 is 0 Å². The van der Waals surface area contributed by atoms with Crippen LogP contribution >= 0.6 is 0 Å². The molecule has 14 heavy (non-hydrogen) atoms. The van der Waals surface area contributed by atoms with Gasteiger partial charge in [0.2, 0.25) is 0 Å². The van der Waals surface area contributed by atoms with Crippen molar-refractivity contribution in [2.24, 2.45) is 0 Å². The quantitative estimate of drug-likeness (QED) is 0.568. The number of carbonyl (C=O) groups excluding carboxylic acids is 1. The number of anilines is 1. The summed E-state index contributed by atoms with van der Waals surface area (Å²) >= 11 is 0. The third kappa shape index (κ3) is 2.23. The molecule has 0 saturated carbocycles. The van der Waals surface area contributed by atoms with E-state index in [9.17, 15) is 4.79 Å². The Morgan fingerprint density at radius 1 is 1.14 bits per heavy atom. The van der Waals surface area contributed by atoms with Crippen LogP contribution in [0.15, 0.2) is 24.3 Å². The van der Waals surface area contributed by atoms with Gasteiger partial charge in [-0.15, -0.1) is 0 Å². The normalized spacial score (nSPS) is 9.71. The molecule has 1 aromatic carbocycles. The largest absolute Gasteiger partial charge is 0.378 e. The molecule has 4 nitrogen and oxygen atoms in total. The van der Waals surface area contributed by atoms with Gasteiger partial charge in [-0.1, -0.05) is 0 Å². The molecule has 0 heterocycles. The van der Waals surface area contributed by atoms with Crippen LogP contribution < -0.4 is 4.90 Å². The number of hydroxylamine groups is 2. The van der Waals surface area contributed by atoms with Gasteiger partial charge in [0.15, 0.2) is 0 Å². The SMILES string of the molecule is CN(O)C(=O)c1ccc(N(C)C)cc1. The van der Waals surface area contributed by atoms with Crippen LogP contribution in [0.3, 0.4) is 0 Å². The zero-order valence-corrected chi connectivity index (χ0v) is 8.56. The van der Waals surface area contributed by atoms with Crippen molar-refractivity contribution < 1.29 is 10.0 Å². The summed E-state index contributed by atoms with van der Waals surface area (Å²) in [5.74, 6) is -0.407. The van der Waals surface area contributed by atoms with Crippen molar-refractivity contribution in [2.75, 3.05) is 26.0 Å². The molecule has 0 aromatic heterocycles. The Bertz CT molecular complexity index is 317. The molecular formula is C10H14N2O2. The summed E-state index contributed by atoms with van der Waals surface area (Å²) in [4.78, 5) is 13.2. The Hall–Kier alpha value is -1.55. The van der Waals surface area contributed by atoms with Crippen LogP contribution in [0.4, 0.5) is 5.69 Å². The molecule has 1 rings (SSSR count). The first kappa shape index (κ1) is 10.5. The minimum Gasteiger partial charge on any atom is -0.378 e. The lowest BCUT2D eigenvalue weighted by Crippen LogP contribution is -2.22. The van der Waals surface area contributed by atoms with Crippen LogP contribution in [0, 0.1) is 0 Å². The van der Waals surface area contributed by atoms with Crippen molar-refractivity contribution in [2.45, 2.75) is 0 Å². The Kier molecular flexibility index (Phi) is 3.09. The second-order valence-electron chi connectivity index (χ2n) is 3.27. The number of amides is 1. The van der Waals surface area contributed by atoms with E-state index >= 15 is 0 Å². The Labute approximate surface area is 83.3 Å². The van der Waals surface area contributed by atoms with Gasteiger partial charge in [-0.25, -0.2) is 5.06 Å². The lowest BCUT2D eigenvalue weighted by molar-refractivity contribution is -0.0374. The van der Waals surface area contributed by atoms with E-state index in [1.165, 1.54) is 7.05 Å². The second kappa shape index (κ2) is 4.11. The van der Waals surface area contributed by atoms with Crippen LogP contribution in [0.2, 0.25) is 0 Å². The van der Waals surface area contributed by atoms with E-state index in [4.69, 9.17) is 5.21 Å². The summed E-state index contributed by atoms with van der Waals surface area (Å²) < 4.78 is 0. The molecule has 0 aliphatic heterocycles. The lowest BCUT2D eigenvalue weighted by atomic mass is 10.2. The molecule has 1 aromatic rings. The summed E-state index contributed by atoms with van der Waals surface area (Å²) in [6, 6.07) is 7.03. The van der Waals surface area contributed by atoms with Gasteiger partial charge in [0.05, 0.1) is 0 Å². The van der Waals surface area contributed by atoms with Crippen LogP contribution in [0.25, 0.3) is 0 Å². The molecule has 0 fully saturated rings. The number of nitrogens with zero attached hydrogens (tertiary/aromatic N) is 2. The smallest absolute Gasteiger partial charge is 0.276 e. The molecule has 0 unspecified atom stereocenters. The van der Waals surface area contributed by atoms with Crippen molar-refractivity contribution in [3.63, 3.8) is 0 Å². The second-order valence-corrected chi connectivity index (χ2v) is 3.27. The van der Waals surface area contributed by atoms with Crippen molar-refractivity contribution in [1.29, 1.82) is 0 Å². The zero-order chi connectivity index (χ0) is 10.7. The third-order valence-electron chi connectivity index (χ3n) is 1.92. The first-order valence-corrected chi connectivity index (χ1v) is 4.26. The minimum atomic E-state index is -0.407. The van der Waals surface area contributed by atoms with E-state index < -0.39 is 5.91 Å². The average Bonchev–Trinajstić information content (AvgIpc) is 2.16. The maximum absolute atomic E-state index is 11.3. The van der Waals surface area contributed by atoms with Gasteiger partial charge in [-0.2, -0.15) is 0 Å². The van der Waals surface area contributed by atoms with Gasteiger partial charge in [-0.05, 0) is 24.3 Å². The first-order chi connectivity index (χ1) is 6.52. The number of benzene rings is 1. The summed E-state index contributed by atoms with van der Waals surface area (Å²) in [5, 5.41) is 9.50. The Balaban J connectivity index is 2.89. The summed E-state index contributed by atoms with van der Waals surface area (Å²) in [7, 11) is 5.16. The predicted octanol–water partition coefficient (Wildman–Crippen LogP) is 1.21. The number of rotatable bonds is 2. The summed E-state index contributed by atoms with van der Waals surface area (Å²) in [5.41, 5.74) is 1.49. The fraction of sp³-hybridized carbons (Fsp3) is 0.300. The molecule has 4 heteroatoms. The van der Waals surface area contributed by atoms with E-state index in [1.54, 1.807) is 12.1 Å².